The van der Waals surface area contributed by atoms with Crippen molar-refractivity contribution in [1.29, 1.82) is 0 Å². The summed E-state index contributed by atoms with van der Waals surface area (Å²) < 4.78 is 6.40. The van der Waals surface area contributed by atoms with E-state index in [1.54, 1.807) is 18.2 Å². The SMILES string of the molecule is CCOc1ccccc1C(Nc1cccc(Br)c1)C(=O)O. The van der Waals surface area contributed by atoms with E-state index in [0.29, 0.717) is 17.9 Å². The zero-order chi connectivity index (χ0) is 15.2. The van der Waals surface area contributed by atoms with Crippen molar-refractivity contribution in [2.45, 2.75) is 13.0 Å². The Labute approximate surface area is 131 Å². The predicted molar refractivity (Wildman–Crippen MR) is 85.8 cm³/mol. The number of carbonyl (C=O) groups is 1. The summed E-state index contributed by atoms with van der Waals surface area (Å²) in [7, 11) is 0. The molecule has 0 fully saturated rings. The molecule has 21 heavy (non-hydrogen) atoms. The third kappa shape index (κ3) is 3.98. The van der Waals surface area contributed by atoms with Gasteiger partial charge in [-0.3, -0.25) is 0 Å². The molecule has 1 unspecified atom stereocenters. The van der Waals surface area contributed by atoms with E-state index in [2.05, 4.69) is 21.2 Å². The van der Waals surface area contributed by atoms with Crippen LogP contribution in [0.4, 0.5) is 5.69 Å². The Balaban J connectivity index is 2.33. The van der Waals surface area contributed by atoms with Gasteiger partial charge in [0.1, 0.15) is 5.75 Å². The van der Waals surface area contributed by atoms with E-state index in [0.717, 1.165) is 10.2 Å². The van der Waals surface area contributed by atoms with E-state index in [9.17, 15) is 9.90 Å². The smallest absolute Gasteiger partial charge is 0.330 e. The quantitative estimate of drug-likeness (QED) is 0.824. The van der Waals surface area contributed by atoms with Crippen molar-refractivity contribution in [2.24, 2.45) is 0 Å². The van der Waals surface area contributed by atoms with Gasteiger partial charge >= 0.3 is 5.97 Å². The van der Waals surface area contributed by atoms with Crippen molar-refractivity contribution in [3.8, 4) is 5.75 Å². The molecule has 2 aromatic carbocycles. The van der Waals surface area contributed by atoms with Crippen molar-refractivity contribution in [3.63, 3.8) is 0 Å². The van der Waals surface area contributed by atoms with Crippen LogP contribution in [0.2, 0.25) is 0 Å². The van der Waals surface area contributed by atoms with Gasteiger partial charge in [-0.05, 0) is 31.2 Å². The normalized spacial score (nSPS) is 11.7. The molecule has 0 bridgehead atoms. The molecule has 2 rings (SSSR count). The van der Waals surface area contributed by atoms with Crippen molar-refractivity contribution in [1.82, 2.24) is 0 Å². The van der Waals surface area contributed by atoms with Crippen LogP contribution in [-0.2, 0) is 4.79 Å². The highest BCUT2D eigenvalue weighted by Gasteiger charge is 2.23. The molecule has 2 aromatic rings. The third-order valence-electron chi connectivity index (χ3n) is 2.91. The number of para-hydroxylation sites is 1. The molecule has 0 spiro atoms. The third-order valence-corrected chi connectivity index (χ3v) is 3.41. The van der Waals surface area contributed by atoms with Gasteiger partial charge < -0.3 is 15.2 Å². The van der Waals surface area contributed by atoms with E-state index in [-0.39, 0.29) is 0 Å². The molecule has 110 valence electrons. The zero-order valence-electron chi connectivity index (χ0n) is 11.5. The maximum Gasteiger partial charge on any atom is 0.330 e. The number of halogens is 1. The lowest BCUT2D eigenvalue weighted by atomic mass is 10.1. The molecule has 1 atom stereocenters. The van der Waals surface area contributed by atoms with Gasteiger partial charge in [-0.1, -0.05) is 40.2 Å². The standard InChI is InChI=1S/C16H16BrNO3/c1-2-21-14-9-4-3-8-13(14)15(16(19)20)18-12-7-5-6-11(17)10-12/h3-10,15,18H,2H2,1H3,(H,19,20). The molecule has 5 heteroatoms. The molecular weight excluding hydrogens is 334 g/mol. The van der Waals surface area contributed by atoms with E-state index in [4.69, 9.17) is 4.74 Å². The van der Waals surface area contributed by atoms with Crippen molar-refractivity contribution in [3.05, 3.63) is 58.6 Å². The van der Waals surface area contributed by atoms with Crippen molar-refractivity contribution < 1.29 is 14.6 Å². The Hall–Kier alpha value is -2.01. The molecule has 0 amide bonds. The number of rotatable bonds is 6. The fourth-order valence-corrected chi connectivity index (χ4v) is 2.42. The van der Waals surface area contributed by atoms with Gasteiger partial charge in [0.2, 0.25) is 0 Å². The second-order valence-corrected chi connectivity index (χ2v) is 5.31. The molecule has 0 saturated heterocycles. The second kappa shape index (κ2) is 7.13. The lowest BCUT2D eigenvalue weighted by Crippen LogP contribution is -2.21. The number of benzene rings is 2. The van der Waals surface area contributed by atoms with Crippen LogP contribution < -0.4 is 10.1 Å². The average molecular weight is 350 g/mol. The number of hydrogen-bond donors (Lipinski definition) is 2. The van der Waals surface area contributed by atoms with E-state index >= 15 is 0 Å². The van der Waals surface area contributed by atoms with Crippen LogP contribution >= 0.6 is 15.9 Å². The van der Waals surface area contributed by atoms with Crippen LogP contribution in [0.5, 0.6) is 5.75 Å². The molecule has 0 aliphatic carbocycles. The highest BCUT2D eigenvalue weighted by Crippen LogP contribution is 2.29. The molecule has 0 saturated carbocycles. The topological polar surface area (TPSA) is 58.6 Å². The fraction of sp³-hybridized carbons (Fsp3) is 0.188. The van der Waals surface area contributed by atoms with Crippen LogP contribution in [0.1, 0.15) is 18.5 Å². The molecule has 0 heterocycles. The largest absolute Gasteiger partial charge is 0.493 e. The maximum atomic E-state index is 11.6. The summed E-state index contributed by atoms with van der Waals surface area (Å²) in [6.45, 7) is 2.36. The summed E-state index contributed by atoms with van der Waals surface area (Å²) >= 11 is 3.37. The molecule has 0 aliphatic rings. The highest BCUT2D eigenvalue weighted by atomic mass is 79.9. The summed E-state index contributed by atoms with van der Waals surface area (Å²) in [5.74, 6) is -0.378. The molecule has 0 aromatic heterocycles. The second-order valence-electron chi connectivity index (χ2n) is 4.40. The number of anilines is 1. The van der Waals surface area contributed by atoms with Gasteiger partial charge in [0, 0.05) is 15.7 Å². The first-order chi connectivity index (χ1) is 10.1. The first-order valence-electron chi connectivity index (χ1n) is 6.58. The number of carboxylic acids is 1. The van der Waals surface area contributed by atoms with Crippen LogP contribution in [0.15, 0.2) is 53.0 Å². The van der Waals surface area contributed by atoms with Gasteiger partial charge in [0.05, 0.1) is 6.61 Å². The summed E-state index contributed by atoms with van der Waals surface area (Å²) in [6.07, 6.45) is 0. The maximum absolute atomic E-state index is 11.6. The number of aliphatic carboxylic acids is 1. The lowest BCUT2D eigenvalue weighted by Gasteiger charge is -2.19. The van der Waals surface area contributed by atoms with E-state index in [1.807, 2.05) is 37.3 Å². The molecular formula is C16H16BrNO3. The molecule has 4 nitrogen and oxygen atoms in total. The fourth-order valence-electron chi connectivity index (χ4n) is 2.02. The van der Waals surface area contributed by atoms with E-state index < -0.39 is 12.0 Å². The number of carboxylic acid groups (broad SMARTS) is 1. The Bertz CT molecular complexity index is 630. The zero-order valence-corrected chi connectivity index (χ0v) is 13.1. The number of hydrogen-bond acceptors (Lipinski definition) is 3. The summed E-state index contributed by atoms with van der Waals surface area (Å²) in [5.41, 5.74) is 1.33. The molecule has 0 radical (unpaired) electrons. The Morgan fingerprint density at radius 3 is 2.71 bits per heavy atom. The van der Waals surface area contributed by atoms with Gasteiger partial charge in [-0.2, -0.15) is 0 Å². The van der Waals surface area contributed by atoms with Gasteiger partial charge in [0.15, 0.2) is 6.04 Å². The number of nitrogens with one attached hydrogen (secondary N) is 1. The summed E-state index contributed by atoms with van der Waals surface area (Å²) in [5, 5.41) is 12.5. The van der Waals surface area contributed by atoms with Gasteiger partial charge in [-0.25, -0.2) is 4.79 Å². The highest BCUT2D eigenvalue weighted by molar-refractivity contribution is 9.10. The van der Waals surface area contributed by atoms with Crippen LogP contribution in [0.25, 0.3) is 0 Å². The minimum absolute atomic E-state index is 0.486. The monoisotopic (exact) mass is 349 g/mol. The lowest BCUT2D eigenvalue weighted by molar-refractivity contribution is -0.138. The minimum Gasteiger partial charge on any atom is -0.493 e. The summed E-state index contributed by atoms with van der Waals surface area (Å²) in [6, 6.07) is 13.7. The first kappa shape index (κ1) is 15.4. The van der Waals surface area contributed by atoms with Crippen LogP contribution in [-0.4, -0.2) is 17.7 Å². The van der Waals surface area contributed by atoms with Crippen LogP contribution in [0.3, 0.4) is 0 Å². The van der Waals surface area contributed by atoms with E-state index in [1.165, 1.54) is 0 Å². The Morgan fingerprint density at radius 2 is 2.05 bits per heavy atom. The Morgan fingerprint density at radius 1 is 1.29 bits per heavy atom. The van der Waals surface area contributed by atoms with Crippen LogP contribution in [0, 0.1) is 0 Å². The molecule has 0 aliphatic heterocycles. The molecule has 2 N–H and O–H groups in total. The Kier molecular flexibility index (Phi) is 5.22. The van der Waals surface area contributed by atoms with Crippen molar-refractivity contribution in [2.75, 3.05) is 11.9 Å². The average Bonchev–Trinajstić information content (AvgIpc) is 2.46. The van der Waals surface area contributed by atoms with Gasteiger partial charge in [-0.15, -0.1) is 0 Å². The predicted octanol–water partition coefficient (Wildman–Crippen LogP) is 4.09. The number of ether oxygens (including phenoxy) is 1. The van der Waals surface area contributed by atoms with Gasteiger partial charge in [0.25, 0.3) is 0 Å². The summed E-state index contributed by atoms with van der Waals surface area (Å²) in [4.78, 5) is 11.6. The first-order valence-corrected chi connectivity index (χ1v) is 7.37. The minimum atomic E-state index is -0.956. The van der Waals surface area contributed by atoms with Crippen molar-refractivity contribution >= 4 is 27.6 Å².